The number of carbonyl (C=O) groups excluding carboxylic acids is 1. The monoisotopic (exact) mass is 339 g/mol. The van der Waals surface area contributed by atoms with E-state index in [1.807, 2.05) is 43.3 Å². The molecule has 2 aromatic rings. The first kappa shape index (κ1) is 16.4. The summed E-state index contributed by atoms with van der Waals surface area (Å²) in [5.74, 6) is 0.597. The van der Waals surface area contributed by atoms with E-state index in [4.69, 9.17) is 9.47 Å². The smallest absolute Gasteiger partial charge is 0.339 e. The second kappa shape index (κ2) is 6.68. The SMILES string of the molecule is CCOc1ccc(C(=O)OC2C[C@H]3CC[C@@H](C2)N3C)c2ccccc12. The summed E-state index contributed by atoms with van der Waals surface area (Å²) in [5.41, 5.74) is 0.630. The van der Waals surface area contributed by atoms with Gasteiger partial charge in [-0.1, -0.05) is 24.3 Å². The average molecular weight is 339 g/mol. The molecule has 132 valence electrons. The first-order valence-corrected chi connectivity index (χ1v) is 9.24. The highest BCUT2D eigenvalue weighted by atomic mass is 16.5. The van der Waals surface area contributed by atoms with Crippen LogP contribution >= 0.6 is 0 Å². The van der Waals surface area contributed by atoms with E-state index in [1.54, 1.807) is 0 Å². The maximum absolute atomic E-state index is 12.8. The molecule has 0 amide bonds. The molecule has 2 heterocycles. The lowest BCUT2D eigenvalue weighted by atomic mass is 10.00. The zero-order valence-corrected chi connectivity index (χ0v) is 14.9. The highest BCUT2D eigenvalue weighted by Crippen LogP contribution is 2.36. The molecule has 2 fully saturated rings. The molecule has 0 spiro atoms. The molecule has 0 saturated carbocycles. The largest absolute Gasteiger partial charge is 0.493 e. The predicted octanol–water partition coefficient (Wildman–Crippen LogP) is 4.02. The molecule has 3 atom stereocenters. The van der Waals surface area contributed by atoms with Crippen molar-refractivity contribution in [2.45, 2.75) is 50.8 Å². The number of hydrogen-bond donors (Lipinski definition) is 0. The lowest BCUT2D eigenvalue weighted by molar-refractivity contribution is -0.000262. The Labute approximate surface area is 148 Å². The zero-order valence-electron chi connectivity index (χ0n) is 14.9. The Bertz CT molecular complexity index is 774. The van der Waals surface area contributed by atoms with Crippen LogP contribution in [0, 0.1) is 0 Å². The maximum atomic E-state index is 12.8. The number of carbonyl (C=O) groups is 1. The quantitative estimate of drug-likeness (QED) is 0.789. The summed E-state index contributed by atoms with van der Waals surface area (Å²) in [7, 11) is 2.19. The second-order valence-corrected chi connectivity index (χ2v) is 7.14. The molecule has 2 aliphatic rings. The zero-order chi connectivity index (χ0) is 17.4. The minimum Gasteiger partial charge on any atom is -0.493 e. The van der Waals surface area contributed by atoms with Gasteiger partial charge in [-0.3, -0.25) is 0 Å². The molecule has 2 saturated heterocycles. The van der Waals surface area contributed by atoms with Crippen LogP contribution < -0.4 is 4.74 Å². The van der Waals surface area contributed by atoms with Gasteiger partial charge >= 0.3 is 5.97 Å². The van der Waals surface area contributed by atoms with Gasteiger partial charge in [0.2, 0.25) is 0 Å². The average Bonchev–Trinajstić information content (AvgIpc) is 2.83. The summed E-state index contributed by atoms with van der Waals surface area (Å²) < 4.78 is 11.6. The molecule has 0 aromatic heterocycles. The number of benzene rings is 2. The third-order valence-electron chi connectivity index (χ3n) is 5.73. The van der Waals surface area contributed by atoms with Gasteiger partial charge in [0.25, 0.3) is 0 Å². The summed E-state index contributed by atoms with van der Waals surface area (Å²) in [6, 6.07) is 12.7. The van der Waals surface area contributed by atoms with Crippen molar-refractivity contribution in [2.75, 3.05) is 13.7 Å². The van der Waals surface area contributed by atoms with Gasteiger partial charge < -0.3 is 14.4 Å². The third kappa shape index (κ3) is 2.99. The number of fused-ring (bicyclic) bond motifs is 3. The first-order chi connectivity index (χ1) is 12.2. The van der Waals surface area contributed by atoms with Gasteiger partial charge in [-0.2, -0.15) is 0 Å². The van der Waals surface area contributed by atoms with Crippen molar-refractivity contribution >= 4 is 16.7 Å². The molecule has 25 heavy (non-hydrogen) atoms. The molecule has 4 rings (SSSR count). The van der Waals surface area contributed by atoms with Gasteiger partial charge in [0.1, 0.15) is 11.9 Å². The van der Waals surface area contributed by atoms with Crippen LogP contribution in [0.2, 0.25) is 0 Å². The van der Waals surface area contributed by atoms with Crippen molar-refractivity contribution in [2.24, 2.45) is 0 Å². The van der Waals surface area contributed by atoms with E-state index in [-0.39, 0.29) is 12.1 Å². The molecule has 4 heteroatoms. The van der Waals surface area contributed by atoms with E-state index >= 15 is 0 Å². The molecule has 4 nitrogen and oxygen atoms in total. The minimum absolute atomic E-state index is 0.0338. The lowest BCUT2D eigenvalue weighted by Gasteiger charge is -2.35. The Morgan fingerprint density at radius 3 is 2.44 bits per heavy atom. The van der Waals surface area contributed by atoms with Crippen LogP contribution in [-0.4, -0.2) is 42.7 Å². The number of esters is 1. The Morgan fingerprint density at radius 2 is 1.76 bits per heavy atom. The molecular weight excluding hydrogens is 314 g/mol. The second-order valence-electron chi connectivity index (χ2n) is 7.14. The number of piperidine rings is 1. The third-order valence-corrected chi connectivity index (χ3v) is 5.73. The molecule has 2 bridgehead atoms. The summed E-state index contributed by atoms with van der Waals surface area (Å²) >= 11 is 0. The van der Waals surface area contributed by atoms with E-state index in [0.717, 1.165) is 29.4 Å². The summed E-state index contributed by atoms with van der Waals surface area (Å²) in [6.07, 6.45) is 4.38. The van der Waals surface area contributed by atoms with Crippen LogP contribution in [0.25, 0.3) is 10.8 Å². The molecule has 0 radical (unpaired) electrons. The first-order valence-electron chi connectivity index (χ1n) is 9.24. The van der Waals surface area contributed by atoms with E-state index < -0.39 is 0 Å². The van der Waals surface area contributed by atoms with Gasteiger partial charge in [-0.25, -0.2) is 4.79 Å². The van der Waals surface area contributed by atoms with E-state index in [0.29, 0.717) is 24.3 Å². The molecule has 0 N–H and O–H groups in total. The van der Waals surface area contributed by atoms with Crippen molar-refractivity contribution in [1.29, 1.82) is 0 Å². The van der Waals surface area contributed by atoms with Crippen LogP contribution in [0.15, 0.2) is 36.4 Å². The van der Waals surface area contributed by atoms with Crippen molar-refractivity contribution in [3.63, 3.8) is 0 Å². The Kier molecular flexibility index (Phi) is 4.38. The fraction of sp³-hybridized carbons (Fsp3) is 0.476. The van der Waals surface area contributed by atoms with Crippen molar-refractivity contribution < 1.29 is 14.3 Å². The van der Waals surface area contributed by atoms with Gasteiger partial charge in [-0.05, 0) is 44.3 Å². The van der Waals surface area contributed by atoms with Gasteiger partial charge in [0.15, 0.2) is 0 Å². The number of nitrogens with zero attached hydrogens (tertiary/aromatic N) is 1. The van der Waals surface area contributed by atoms with Crippen molar-refractivity contribution in [3.05, 3.63) is 42.0 Å². The Balaban J connectivity index is 1.57. The fourth-order valence-corrected chi connectivity index (χ4v) is 4.40. The van der Waals surface area contributed by atoms with E-state index in [9.17, 15) is 4.79 Å². The molecule has 2 aromatic carbocycles. The molecule has 2 aliphatic heterocycles. The normalized spacial score (nSPS) is 25.9. The minimum atomic E-state index is -0.215. The Morgan fingerprint density at radius 1 is 1.08 bits per heavy atom. The van der Waals surface area contributed by atoms with Crippen LogP contribution in [-0.2, 0) is 4.74 Å². The van der Waals surface area contributed by atoms with Crippen LogP contribution in [0.5, 0.6) is 5.75 Å². The number of rotatable bonds is 4. The van der Waals surface area contributed by atoms with Gasteiger partial charge in [0, 0.05) is 30.3 Å². The van der Waals surface area contributed by atoms with Crippen molar-refractivity contribution in [3.8, 4) is 5.75 Å². The molecule has 0 aliphatic carbocycles. The van der Waals surface area contributed by atoms with Crippen LogP contribution in [0.1, 0.15) is 43.0 Å². The standard InChI is InChI=1S/C21H25NO3/c1-3-24-20-11-10-19(17-6-4-5-7-18(17)20)21(23)25-16-12-14-8-9-15(13-16)22(14)2/h4-7,10-11,14-16H,3,8-9,12-13H2,1-2H3/t14-,15+,16?. The van der Waals surface area contributed by atoms with Gasteiger partial charge in [-0.15, -0.1) is 0 Å². The van der Waals surface area contributed by atoms with Gasteiger partial charge in [0.05, 0.1) is 12.2 Å². The van der Waals surface area contributed by atoms with Crippen LogP contribution in [0.3, 0.4) is 0 Å². The van der Waals surface area contributed by atoms with Crippen LogP contribution in [0.4, 0.5) is 0 Å². The highest BCUT2D eigenvalue weighted by molar-refractivity contribution is 6.06. The molecular formula is C21H25NO3. The summed E-state index contributed by atoms with van der Waals surface area (Å²) in [6.45, 7) is 2.57. The number of ether oxygens (including phenoxy) is 2. The number of hydrogen-bond acceptors (Lipinski definition) is 4. The van der Waals surface area contributed by atoms with E-state index in [2.05, 4.69) is 11.9 Å². The topological polar surface area (TPSA) is 38.8 Å². The maximum Gasteiger partial charge on any atom is 0.339 e. The molecule has 1 unspecified atom stereocenters. The van der Waals surface area contributed by atoms with E-state index in [1.165, 1.54) is 12.8 Å². The summed E-state index contributed by atoms with van der Waals surface area (Å²) in [5, 5.41) is 1.86. The van der Waals surface area contributed by atoms with Crippen molar-refractivity contribution in [1.82, 2.24) is 4.90 Å². The Hall–Kier alpha value is -2.07. The lowest BCUT2D eigenvalue weighted by Crippen LogP contribution is -2.43. The highest BCUT2D eigenvalue weighted by Gasteiger charge is 2.40. The predicted molar refractivity (Wildman–Crippen MR) is 98.1 cm³/mol. The summed E-state index contributed by atoms with van der Waals surface area (Å²) in [4.78, 5) is 15.3. The fourth-order valence-electron chi connectivity index (χ4n) is 4.40.